The Morgan fingerprint density at radius 1 is 1.02 bits per heavy atom. The molecule has 3 aromatic carbocycles. The molecule has 12 heteroatoms. The van der Waals surface area contributed by atoms with Crippen LogP contribution in [0.2, 0.25) is 0 Å². The summed E-state index contributed by atoms with van der Waals surface area (Å²) in [5, 5.41) is 12.3. The topological polar surface area (TPSA) is 134 Å². The third-order valence-electron chi connectivity index (χ3n) is 7.66. The molecule has 0 saturated heterocycles. The number of esters is 1. The van der Waals surface area contributed by atoms with Gasteiger partial charge in [0, 0.05) is 24.2 Å². The number of carboxylic acids is 1. The molecule has 1 aliphatic heterocycles. The van der Waals surface area contributed by atoms with Gasteiger partial charge in [-0.1, -0.05) is 61.2 Å². The van der Waals surface area contributed by atoms with Gasteiger partial charge in [-0.25, -0.2) is 14.5 Å². The number of allylic oxidation sites excluding steroid dienone is 1. The fraction of sp³-hybridized carbons (Fsp3) is 0.205. The Morgan fingerprint density at radius 2 is 1.69 bits per heavy atom. The van der Waals surface area contributed by atoms with E-state index in [0.29, 0.717) is 38.7 Å². The number of aliphatic carboxylic acids is 1. The summed E-state index contributed by atoms with van der Waals surface area (Å²) >= 11 is 1.26. The number of fused-ring (bicyclic) bond motifs is 1. The minimum atomic E-state index is -0.833. The average molecular weight is 707 g/mol. The molecule has 3 heterocycles. The van der Waals surface area contributed by atoms with Gasteiger partial charge >= 0.3 is 5.97 Å². The number of para-hydroxylation sites is 1. The van der Waals surface area contributed by atoms with Gasteiger partial charge in [0.15, 0.2) is 4.80 Å². The lowest BCUT2D eigenvalue weighted by atomic mass is 9.96. The highest BCUT2D eigenvalue weighted by Crippen LogP contribution is 2.32. The first-order chi connectivity index (χ1) is 24.6. The van der Waals surface area contributed by atoms with Gasteiger partial charge in [-0.3, -0.25) is 14.2 Å². The predicted molar refractivity (Wildman–Crippen MR) is 196 cm³/mol. The molecular weight excluding hydrogens is 669 g/mol. The molecule has 1 N–H and O–H groups in total. The molecule has 0 radical (unpaired) electrons. The van der Waals surface area contributed by atoms with E-state index in [4.69, 9.17) is 34.2 Å². The number of rotatable bonds is 11. The highest BCUT2D eigenvalue weighted by atomic mass is 32.1. The van der Waals surface area contributed by atoms with Crippen molar-refractivity contribution in [2.24, 2.45) is 4.99 Å². The highest BCUT2D eigenvalue weighted by molar-refractivity contribution is 7.07. The van der Waals surface area contributed by atoms with Crippen molar-refractivity contribution in [1.82, 2.24) is 14.3 Å². The van der Waals surface area contributed by atoms with Crippen molar-refractivity contribution in [3.05, 3.63) is 140 Å². The number of methoxy groups -OCH3 is 1. The molecule has 1 aliphatic rings. The van der Waals surface area contributed by atoms with Crippen LogP contribution >= 0.6 is 11.3 Å². The van der Waals surface area contributed by atoms with E-state index in [1.165, 1.54) is 17.4 Å². The molecule has 51 heavy (non-hydrogen) atoms. The van der Waals surface area contributed by atoms with Gasteiger partial charge < -0.3 is 19.3 Å². The van der Waals surface area contributed by atoms with Crippen LogP contribution in [0.25, 0.3) is 23.0 Å². The first kappa shape index (κ1) is 36.3. The molecule has 0 bridgehead atoms. The van der Waals surface area contributed by atoms with Crippen molar-refractivity contribution in [2.45, 2.75) is 33.2 Å². The molecule has 0 saturated carbocycles. The summed E-state index contributed by atoms with van der Waals surface area (Å²) in [6.07, 6.45) is 6.17. The quantitative estimate of drug-likeness (QED) is 0.137. The number of hydrogen-bond acceptors (Lipinski definition) is 9. The van der Waals surface area contributed by atoms with E-state index in [9.17, 15) is 9.59 Å². The maximum Gasteiger partial charge on any atom is 0.338 e. The van der Waals surface area contributed by atoms with Gasteiger partial charge in [-0.15, -0.1) is 0 Å². The molecule has 0 fully saturated rings. The van der Waals surface area contributed by atoms with Gasteiger partial charge in [0.1, 0.15) is 23.8 Å². The Morgan fingerprint density at radius 3 is 2.31 bits per heavy atom. The van der Waals surface area contributed by atoms with Crippen molar-refractivity contribution in [3.63, 3.8) is 0 Å². The Labute approximate surface area is 298 Å². The number of carbonyl (C=O) groups excluding carboxylic acids is 1. The second-order valence-corrected chi connectivity index (χ2v) is 12.4. The van der Waals surface area contributed by atoms with Gasteiger partial charge in [-0.2, -0.15) is 5.10 Å². The zero-order valence-electron chi connectivity index (χ0n) is 28.7. The number of aromatic nitrogens is 3. The van der Waals surface area contributed by atoms with Crippen LogP contribution in [0.1, 0.15) is 44.4 Å². The highest BCUT2D eigenvalue weighted by Gasteiger charge is 2.33. The number of carbonyl (C=O) groups is 2. The minimum Gasteiger partial charge on any atom is -0.497 e. The van der Waals surface area contributed by atoms with Crippen LogP contribution in [0.5, 0.6) is 11.5 Å². The lowest BCUT2D eigenvalue weighted by molar-refractivity contribution is -0.138. The smallest absolute Gasteiger partial charge is 0.338 e. The standard InChI is InChI=1S/C37H34N4O5S.C2H4O2/c1-5-20-45-30-18-12-25(13-19-30)33-27(23-40(39-33)28-10-8-7-9-11-28)22-31-35(42)41-34(26-14-16-29(44-4)17-15-26)32(36(43)46-21-6-2)24(3)38-37(41)47-31;1-2(3)4/h6-19,22-23,34H,2,5,20-21H2,1,3-4H3;1H3,(H,3,4). The summed E-state index contributed by atoms with van der Waals surface area (Å²) < 4.78 is 20.4. The third-order valence-corrected chi connectivity index (χ3v) is 8.64. The fourth-order valence-corrected chi connectivity index (χ4v) is 6.43. The lowest BCUT2D eigenvalue weighted by Gasteiger charge is -2.24. The Balaban J connectivity index is 0.00000120. The van der Waals surface area contributed by atoms with Crippen LogP contribution in [-0.2, 0) is 14.3 Å². The van der Waals surface area contributed by atoms with Gasteiger partial charge in [0.05, 0.1) is 41.2 Å². The number of hydrogen-bond donors (Lipinski definition) is 1. The van der Waals surface area contributed by atoms with Crippen LogP contribution in [0.4, 0.5) is 0 Å². The van der Waals surface area contributed by atoms with Gasteiger partial charge in [0.2, 0.25) is 0 Å². The normalized spacial score (nSPS) is 13.7. The molecule has 6 rings (SSSR count). The minimum absolute atomic E-state index is 0.0370. The monoisotopic (exact) mass is 706 g/mol. The fourth-order valence-electron chi connectivity index (χ4n) is 5.40. The van der Waals surface area contributed by atoms with Crippen molar-refractivity contribution < 1.29 is 28.9 Å². The first-order valence-corrected chi connectivity index (χ1v) is 17.0. The Hall–Kier alpha value is -6.01. The van der Waals surface area contributed by atoms with Crippen LogP contribution in [0.3, 0.4) is 0 Å². The molecule has 0 aliphatic carbocycles. The predicted octanol–water partition coefficient (Wildman–Crippen LogP) is 5.71. The van der Waals surface area contributed by atoms with E-state index in [0.717, 1.165) is 41.5 Å². The van der Waals surface area contributed by atoms with E-state index in [1.807, 2.05) is 79.0 Å². The van der Waals surface area contributed by atoms with Gasteiger partial charge in [0.25, 0.3) is 11.5 Å². The summed E-state index contributed by atoms with van der Waals surface area (Å²) in [6, 6.07) is 24.1. The molecule has 262 valence electrons. The second-order valence-electron chi connectivity index (χ2n) is 11.3. The first-order valence-electron chi connectivity index (χ1n) is 16.2. The molecular formula is C39H38N4O7S. The Bertz CT molecular complexity index is 2230. The molecule has 0 spiro atoms. The molecule has 5 aromatic rings. The largest absolute Gasteiger partial charge is 0.497 e. The maximum absolute atomic E-state index is 14.3. The SMILES string of the molecule is C=CCOC(=O)C1=C(C)N=c2sc(=Cc3cn(-c4ccccc4)nc3-c3ccc(OCCC)cc3)c(=O)n2C1c1ccc(OC)cc1.CC(=O)O. The number of thiazole rings is 1. The number of nitrogens with zero attached hydrogens (tertiary/aromatic N) is 4. The van der Waals surface area contributed by atoms with E-state index in [1.54, 1.807) is 35.4 Å². The number of carboxylic acid groups (broad SMARTS) is 1. The van der Waals surface area contributed by atoms with Crippen LogP contribution in [0, 0.1) is 0 Å². The van der Waals surface area contributed by atoms with Crippen molar-refractivity contribution in [2.75, 3.05) is 20.3 Å². The Kier molecular flexibility index (Phi) is 11.8. The molecule has 2 aromatic heterocycles. The van der Waals surface area contributed by atoms with Crippen molar-refractivity contribution in [1.29, 1.82) is 0 Å². The van der Waals surface area contributed by atoms with E-state index in [2.05, 4.69) is 13.5 Å². The molecule has 11 nitrogen and oxygen atoms in total. The molecule has 1 unspecified atom stereocenters. The number of ether oxygens (including phenoxy) is 3. The maximum atomic E-state index is 14.3. The summed E-state index contributed by atoms with van der Waals surface area (Å²) in [6.45, 7) is 9.23. The summed E-state index contributed by atoms with van der Waals surface area (Å²) in [5.41, 5.74) is 4.44. The summed E-state index contributed by atoms with van der Waals surface area (Å²) in [4.78, 5) is 41.9. The molecule has 0 amide bonds. The van der Waals surface area contributed by atoms with Crippen molar-refractivity contribution >= 4 is 29.4 Å². The molecule has 1 atom stereocenters. The van der Waals surface area contributed by atoms with E-state index in [-0.39, 0.29) is 12.2 Å². The van der Waals surface area contributed by atoms with E-state index >= 15 is 0 Å². The average Bonchev–Trinajstić information content (AvgIpc) is 3.69. The lowest BCUT2D eigenvalue weighted by Crippen LogP contribution is -2.39. The summed E-state index contributed by atoms with van der Waals surface area (Å²) in [5.74, 6) is 0.0499. The van der Waals surface area contributed by atoms with Crippen LogP contribution < -0.4 is 24.4 Å². The zero-order valence-corrected chi connectivity index (χ0v) is 29.6. The zero-order chi connectivity index (χ0) is 36.5. The van der Waals surface area contributed by atoms with Crippen LogP contribution in [-0.4, -0.2) is 51.7 Å². The summed E-state index contributed by atoms with van der Waals surface area (Å²) in [7, 11) is 1.59. The van der Waals surface area contributed by atoms with Crippen molar-refractivity contribution in [3.8, 4) is 28.4 Å². The number of benzene rings is 3. The van der Waals surface area contributed by atoms with Gasteiger partial charge in [-0.05, 0) is 73.5 Å². The van der Waals surface area contributed by atoms with E-state index < -0.39 is 18.0 Å². The van der Waals surface area contributed by atoms with Crippen LogP contribution in [0.15, 0.2) is 119 Å². The second kappa shape index (κ2) is 16.6. The third kappa shape index (κ3) is 8.42.